The molecule has 0 rings (SSSR count). The van der Waals surface area contributed by atoms with Crippen LogP contribution in [0.25, 0.3) is 0 Å². The summed E-state index contributed by atoms with van der Waals surface area (Å²) < 4.78 is 21.7. The van der Waals surface area contributed by atoms with Gasteiger partial charge in [0.05, 0.1) is 0 Å². The van der Waals surface area contributed by atoms with Gasteiger partial charge in [-0.3, -0.25) is 0 Å². The molecule has 0 unspecified atom stereocenters. The number of nitrogens with one attached hydrogen (secondary N) is 2. The van der Waals surface area contributed by atoms with E-state index in [9.17, 15) is 13.8 Å². The van der Waals surface area contributed by atoms with E-state index in [-0.39, 0.29) is 0 Å². The average Bonchev–Trinajstić information content (AvgIpc) is 1.65. The Hall–Kier alpha value is -1.11. The van der Waals surface area contributed by atoms with Crippen molar-refractivity contribution in [1.29, 1.82) is 5.53 Å². The van der Waals surface area contributed by atoms with Gasteiger partial charge >= 0.3 is 6.03 Å². The molecule has 2 amide bonds. The van der Waals surface area contributed by atoms with Crippen LogP contribution in [-0.2, 0) is 0 Å². The van der Waals surface area contributed by atoms with Crippen LogP contribution in [-0.4, -0.2) is 11.5 Å². The second-order valence-electron chi connectivity index (χ2n) is 0.762. The molecule has 0 aromatic heterocycles. The summed E-state index contributed by atoms with van der Waals surface area (Å²) >= 11 is 0. The van der Waals surface area contributed by atoms with E-state index in [1.54, 1.807) is 0 Å². The number of amides is 2. The highest BCUT2D eigenvalue weighted by Crippen LogP contribution is 1.81. The van der Waals surface area contributed by atoms with E-state index in [2.05, 4.69) is 5.11 Å². The highest BCUT2D eigenvalue weighted by molar-refractivity contribution is 5.72. The van der Waals surface area contributed by atoms with Crippen LogP contribution in [0.1, 0.15) is 0 Å². The third kappa shape index (κ3) is 3.09. The van der Waals surface area contributed by atoms with Gasteiger partial charge in [0.15, 0.2) is 0 Å². The SMILES string of the molecule is N=NC(=O)NN(F)F. The van der Waals surface area contributed by atoms with Gasteiger partial charge in [-0.25, -0.2) is 10.2 Å². The number of rotatable bonds is 1. The molecule has 0 aromatic carbocycles. The predicted octanol–water partition coefficient (Wildman–Crippen LogP) is 0.713. The largest absolute Gasteiger partial charge is 0.377 e. The molecule has 5 nitrogen and oxygen atoms in total. The zero-order valence-electron chi connectivity index (χ0n) is 3.56. The third-order valence-electron chi connectivity index (χ3n) is 0.282. The van der Waals surface area contributed by atoms with Crippen molar-refractivity contribution in [2.75, 3.05) is 0 Å². The van der Waals surface area contributed by atoms with Crippen molar-refractivity contribution in [1.82, 2.24) is 10.9 Å². The van der Waals surface area contributed by atoms with E-state index < -0.39 is 11.5 Å². The Morgan fingerprint density at radius 1 is 1.75 bits per heavy atom. The second-order valence-corrected chi connectivity index (χ2v) is 0.762. The number of hydrogen-bond donors (Lipinski definition) is 2. The maximum absolute atomic E-state index is 10.8. The minimum absolute atomic E-state index is 0.899. The Kier molecular flexibility index (Phi) is 2.56. The first-order valence-electron chi connectivity index (χ1n) is 1.46. The molecule has 46 valence electrons. The van der Waals surface area contributed by atoms with E-state index in [0.29, 0.717) is 0 Å². The van der Waals surface area contributed by atoms with Crippen molar-refractivity contribution in [2.45, 2.75) is 0 Å². The normalized spacial score (nSPS) is 8.88. The highest BCUT2D eigenvalue weighted by atomic mass is 19.4. The predicted molar refractivity (Wildman–Crippen MR) is 17.7 cm³/mol. The summed E-state index contributed by atoms with van der Waals surface area (Å²) in [5.41, 5.74) is 5.17. The van der Waals surface area contributed by atoms with Crippen LogP contribution >= 0.6 is 0 Å². The molecule has 0 spiro atoms. The Morgan fingerprint density at radius 2 is 2.25 bits per heavy atom. The standard InChI is InChI=1S/CH2F2N4O/c2-7(3)6-1(8)5-4/h4H,(H,6,8). The molecule has 0 aliphatic rings. The molecule has 7 heteroatoms. The van der Waals surface area contributed by atoms with Crippen LogP contribution in [0.3, 0.4) is 0 Å². The number of hydrazine groups is 1. The van der Waals surface area contributed by atoms with Gasteiger partial charge in [0.25, 0.3) is 0 Å². The molecule has 0 heterocycles. The van der Waals surface area contributed by atoms with Gasteiger partial charge in [0.2, 0.25) is 0 Å². The third-order valence-corrected chi connectivity index (χ3v) is 0.282. The molecule has 0 radical (unpaired) electrons. The van der Waals surface area contributed by atoms with E-state index in [1.807, 2.05) is 0 Å². The van der Waals surface area contributed by atoms with Gasteiger partial charge in [-0.2, -0.15) is 5.53 Å². The van der Waals surface area contributed by atoms with Crippen LogP contribution in [0.15, 0.2) is 5.11 Å². The first-order chi connectivity index (χ1) is 3.66. The number of nitrogens with zero attached hydrogens (tertiary/aromatic N) is 2. The molecule has 8 heavy (non-hydrogen) atoms. The first kappa shape index (κ1) is 6.89. The zero-order valence-corrected chi connectivity index (χ0v) is 3.56. The number of hydrogen-bond acceptors (Lipinski definition) is 3. The Morgan fingerprint density at radius 3 is 2.38 bits per heavy atom. The van der Waals surface area contributed by atoms with E-state index in [4.69, 9.17) is 5.53 Å². The van der Waals surface area contributed by atoms with Gasteiger partial charge < -0.3 is 0 Å². The van der Waals surface area contributed by atoms with Crippen LogP contribution in [0.2, 0.25) is 0 Å². The Bertz CT molecular complexity index is 102. The molecule has 0 fully saturated rings. The van der Waals surface area contributed by atoms with Crippen LogP contribution in [0, 0.1) is 5.53 Å². The molecule has 0 aromatic rings. The minimum Gasteiger partial charge on any atom is -0.243 e. The lowest BCUT2D eigenvalue weighted by atomic mass is 11.1. The fraction of sp³-hybridized carbons (Fsp3) is 0. The average molecular weight is 124 g/mol. The summed E-state index contributed by atoms with van der Waals surface area (Å²) in [6.07, 6.45) is 0. The minimum atomic E-state index is -1.58. The summed E-state index contributed by atoms with van der Waals surface area (Å²) in [5, 5.41) is 2.11. The molecule has 0 aliphatic heterocycles. The van der Waals surface area contributed by atoms with Gasteiger partial charge in [-0.15, -0.1) is 0 Å². The van der Waals surface area contributed by atoms with Crippen LogP contribution in [0.4, 0.5) is 13.8 Å². The summed E-state index contributed by atoms with van der Waals surface area (Å²) in [7, 11) is 0. The summed E-state index contributed by atoms with van der Waals surface area (Å²) in [6.45, 7) is 0. The number of carbonyl (C=O) groups is 1. The topological polar surface area (TPSA) is 68.5 Å². The maximum atomic E-state index is 10.8. The van der Waals surface area contributed by atoms with Gasteiger partial charge in [-0.1, -0.05) is 14.1 Å². The molecule has 0 saturated heterocycles. The summed E-state index contributed by atoms with van der Waals surface area (Å²) in [6, 6.07) is -1.41. The zero-order chi connectivity index (χ0) is 6.57. The van der Waals surface area contributed by atoms with Crippen molar-refractivity contribution in [3.05, 3.63) is 0 Å². The molecule has 0 aliphatic carbocycles. The summed E-state index contributed by atoms with van der Waals surface area (Å²) in [5.74, 6) is 0. The quantitative estimate of drug-likeness (QED) is 0.307. The van der Waals surface area contributed by atoms with Crippen molar-refractivity contribution in [2.24, 2.45) is 5.11 Å². The van der Waals surface area contributed by atoms with E-state index in [1.165, 1.54) is 0 Å². The second kappa shape index (κ2) is 2.97. The molecule has 2 N–H and O–H groups in total. The van der Waals surface area contributed by atoms with Gasteiger partial charge in [-0.05, 0) is 0 Å². The van der Waals surface area contributed by atoms with Crippen LogP contribution < -0.4 is 5.43 Å². The number of halogens is 2. The van der Waals surface area contributed by atoms with Crippen molar-refractivity contribution in [3.8, 4) is 0 Å². The van der Waals surface area contributed by atoms with E-state index in [0.717, 1.165) is 5.43 Å². The number of carbonyl (C=O) groups excluding carboxylic acids is 1. The van der Waals surface area contributed by atoms with Crippen LogP contribution in [0.5, 0.6) is 0 Å². The summed E-state index contributed by atoms with van der Waals surface area (Å²) in [4.78, 5) is 9.64. The molecule has 0 atom stereocenters. The first-order valence-corrected chi connectivity index (χ1v) is 1.46. The monoisotopic (exact) mass is 124 g/mol. The molecular formula is CH2F2N4O. The lowest BCUT2D eigenvalue weighted by Gasteiger charge is -1.94. The van der Waals surface area contributed by atoms with Gasteiger partial charge in [0.1, 0.15) is 5.45 Å². The molecule has 0 saturated carbocycles. The number of urea groups is 1. The van der Waals surface area contributed by atoms with Gasteiger partial charge in [0, 0.05) is 0 Å². The Balaban J connectivity index is 3.39. The maximum Gasteiger partial charge on any atom is 0.377 e. The van der Waals surface area contributed by atoms with Crippen molar-refractivity contribution in [3.63, 3.8) is 0 Å². The smallest absolute Gasteiger partial charge is 0.243 e. The Labute approximate surface area is 42.6 Å². The molecular weight excluding hydrogens is 122 g/mol. The fourth-order valence-corrected chi connectivity index (χ4v) is 0.0973. The fourth-order valence-electron chi connectivity index (χ4n) is 0.0973. The van der Waals surface area contributed by atoms with Crippen molar-refractivity contribution >= 4 is 6.03 Å². The van der Waals surface area contributed by atoms with E-state index >= 15 is 0 Å². The molecule has 0 bridgehead atoms. The van der Waals surface area contributed by atoms with Crippen molar-refractivity contribution < 1.29 is 13.8 Å². The lowest BCUT2D eigenvalue weighted by molar-refractivity contribution is -0.183. The highest BCUT2D eigenvalue weighted by Gasteiger charge is 2.01. The lowest BCUT2D eigenvalue weighted by Crippen LogP contribution is -2.27.